The van der Waals surface area contributed by atoms with E-state index >= 15 is 0 Å². The van der Waals surface area contributed by atoms with E-state index in [4.69, 9.17) is 0 Å². The predicted molar refractivity (Wildman–Crippen MR) is 30.6 cm³/mol. The first kappa shape index (κ1) is 6.33. The van der Waals surface area contributed by atoms with Gasteiger partial charge in [0.15, 0.2) is 6.33 Å². The van der Waals surface area contributed by atoms with Crippen molar-refractivity contribution in [3.8, 4) is 0 Å². The minimum Gasteiger partial charge on any atom is -0.266 e. The van der Waals surface area contributed by atoms with Gasteiger partial charge in [-0.25, -0.2) is 4.98 Å². The fraction of sp³-hybridized carbons (Fsp3) is 0. The molecule has 0 saturated heterocycles. The van der Waals surface area contributed by atoms with Crippen LogP contribution in [-0.4, -0.2) is 35.8 Å². The van der Waals surface area contributed by atoms with Crippen LogP contribution < -0.4 is 0 Å². The van der Waals surface area contributed by atoms with Crippen LogP contribution in [0.2, 0.25) is 0 Å². The zero-order valence-electron chi connectivity index (χ0n) is 4.97. The monoisotopic (exact) mass is 139 g/mol. The van der Waals surface area contributed by atoms with Crippen LogP contribution >= 0.6 is 0 Å². The van der Waals surface area contributed by atoms with Crippen molar-refractivity contribution in [3.63, 3.8) is 0 Å². The number of tetrazole rings is 1. The number of rotatable bonds is 0. The summed E-state index contributed by atoms with van der Waals surface area (Å²) in [5.41, 5.74) is 0. The predicted octanol–water partition coefficient (Wildman–Crippen LogP) is -0.996. The van der Waals surface area contributed by atoms with Crippen molar-refractivity contribution in [1.29, 1.82) is 0 Å². The molecule has 0 aliphatic rings. The molecule has 0 amide bonds. The van der Waals surface area contributed by atoms with Crippen LogP contribution in [-0.2, 0) is 0 Å². The molecular formula is C3H5N7. The fourth-order valence-electron chi connectivity index (χ4n) is 0.296. The Balaban J connectivity index is 0.0000001000. The molecule has 0 bridgehead atoms. The van der Waals surface area contributed by atoms with E-state index in [9.17, 15) is 0 Å². The lowest BCUT2D eigenvalue weighted by atomic mass is 11.3. The minimum absolute atomic E-state index is 1.33. The molecule has 0 fully saturated rings. The highest BCUT2D eigenvalue weighted by Gasteiger charge is 1.58. The Bertz CT molecular complexity index is 148. The zero-order valence-corrected chi connectivity index (χ0v) is 4.97. The van der Waals surface area contributed by atoms with Crippen LogP contribution in [0.15, 0.2) is 19.0 Å². The van der Waals surface area contributed by atoms with Crippen molar-refractivity contribution in [2.45, 2.75) is 0 Å². The Morgan fingerprint density at radius 1 is 1.10 bits per heavy atom. The second kappa shape index (κ2) is 4.13. The maximum Gasteiger partial charge on any atom is 0.161 e. The van der Waals surface area contributed by atoms with E-state index in [2.05, 4.69) is 35.8 Å². The van der Waals surface area contributed by atoms with Gasteiger partial charge in [0, 0.05) is 0 Å². The Hall–Kier alpha value is -1.79. The number of aromatic amines is 2. The van der Waals surface area contributed by atoms with Gasteiger partial charge in [-0.2, -0.15) is 10.3 Å². The quantitative estimate of drug-likeness (QED) is 0.488. The Morgan fingerprint density at radius 2 is 2.10 bits per heavy atom. The van der Waals surface area contributed by atoms with Gasteiger partial charge in [-0.1, -0.05) is 5.21 Å². The van der Waals surface area contributed by atoms with Crippen molar-refractivity contribution >= 4 is 0 Å². The number of aromatic nitrogens is 7. The average molecular weight is 139 g/mol. The van der Waals surface area contributed by atoms with Gasteiger partial charge in [-0.3, -0.25) is 5.10 Å². The van der Waals surface area contributed by atoms with Gasteiger partial charge in [0.25, 0.3) is 0 Å². The van der Waals surface area contributed by atoms with Crippen LogP contribution in [0.1, 0.15) is 0 Å². The first-order valence-corrected chi connectivity index (χ1v) is 2.45. The summed E-state index contributed by atoms with van der Waals surface area (Å²) in [6, 6.07) is 0. The third kappa shape index (κ3) is 2.50. The minimum atomic E-state index is 1.33. The van der Waals surface area contributed by atoms with Crippen LogP contribution in [0.4, 0.5) is 0 Å². The lowest BCUT2D eigenvalue weighted by Crippen LogP contribution is -1.64. The molecule has 0 radical (unpaired) electrons. The molecular weight excluding hydrogens is 134 g/mol. The van der Waals surface area contributed by atoms with Gasteiger partial charge in [0.2, 0.25) is 0 Å². The molecule has 0 saturated carbocycles. The van der Waals surface area contributed by atoms with E-state index in [0.29, 0.717) is 0 Å². The highest BCUT2D eigenvalue weighted by molar-refractivity contribution is 4.43. The maximum atomic E-state index is 3.56. The topological polar surface area (TPSA) is 96.0 Å². The van der Waals surface area contributed by atoms with Gasteiger partial charge in [-0.05, 0) is 0 Å². The Kier molecular flexibility index (Phi) is 2.61. The highest BCUT2D eigenvalue weighted by atomic mass is 15.5. The van der Waals surface area contributed by atoms with Crippen LogP contribution in [0.25, 0.3) is 0 Å². The van der Waals surface area contributed by atoms with E-state index in [0.717, 1.165) is 0 Å². The highest BCUT2D eigenvalue weighted by Crippen LogP contribution is 1.53. The first-order valence-electron chi connectivity index (χ1n) is 2.45. The molecule has 2 aromatic rings. The van der Waals surface area contributed by atoms with Gasteiger partial charge in [0.1, 0.15) is 12.7 Å². The molecule has 10 heavy (non-hydrogen) atoms. The summed E-state index contributed by atoms with van der Waals surface area (Å²) in [5, 5.41) is 18.2. The van der Waals surface area contributed by atoms with Crippen molar-refractivity contribution in [3.05, 3.63) is 19.0 Å². The SMILES string of the molecule is c1nc[nH]n1.c1nn[nH]n1. The van der Waals surface area contributed by atoms with E-state index in [1.54, 1.807) is 0 Å². The second-order valence-corrected chi connectivity index (χ2v) is 1.21. The van der Waals surface area contributed by atoms with E-state index in [1.807, 2.05) is 0 Å². The average Bonchev–Trinajstić information content (AvgIpc) is 2.67. The third-order valence-corrected chi connectivity index (χ3v) is 0.601. The molecule has 0 atom stereocenters. The number of nitrogens with one attached hydrogen (secondary N) is 2. The fourth-order valence-corrected chi connectivity index (χ4v) is 0.296. The molecule has 0 spiro atoms. The summed E-state index contributed by atoms with van der Waals surface area (Å²) >= 11 is 0. The van der Waals surface area contributed by atoms with Crippen molar-refractivity contribution in [2.75, 3.05) is 0 Å². The molecule has 0 aromatic carbocycles. The molecule has 2 N–H and O–H groups in total. The molecule has 7 nitrogen and oxygen atoms in total. The van der Waals surface area contributed by atoms with Gasteiger partial charge >= 0.3 is 0 Å². The number of hydrogen-bond acceptors (Lipinski definition) is 5. The van der Waals surface area contributed by atoms with E-state index in [1.165, 1.54) is 19.0 Å². The molecule has 2 aromatic heterocycles. The summed E-state index contributed by atoms with van der Waals surface area (Å²) < 4.78 is 0. The summed E-state index contributed by atoms with van der Waals surface area (Å²) in [6.45, 7) is 0. The molecule has 0 unspecified atom stereocenters. The van der Waals surface area contributed by atoms with Crippen LogP contribution in [0.3, 0.4) is 0 Å². The Morgan fingerprint density at radius 3 is 2.30 bits per heavy atom. The molecule has 7 heteroatoms. The Labute approximate surface area is 55.9 Å². The standard InChI is InChI=1S/C2H3N3.CH2N4/c1-3-2-5-4-1;1-2-4-5-3-1/h1-2H,(H,3,4,5);1H,(H,2,3,4,5). The zero-order chi connectivity index (χ0) is 7.07. The van der Waals surface area contributed by atoms with Crippen molar-refractivity contribution < 1.29 is 0 Å². The van der Waals surface area contributed by atoms with Gasteiger partial charge in [0.05, 0.1) is 0 Å². The molecule has 0 aliphatic carbocycles. The molecule has 2 rings (SSSR count). The lowest BCUT2D eigenvalue weighted by Gasteiger charge is -1.46. The molecule has 2 heterocycles. The second-order valence-electron chi connectivity index (χ2n) is 1.21. The molecule has 0 aliphatic heterocycles. The van der Waals surface area contributed by atoms with Gasteiger partial charge in [-0.15, -0.1) is 10.2 Å². The summed E-state index contributed by atoms with van der Waals surface area (Å²) in [5.74, 6) is 0. The smallest absolute Gasteiger partial charge is 0.161 e. The molecule has 52 valence electrons. The third-order valence-electron chi connectivity index (χ3n) is 0.601. The van der Waals surface area contributed by atoms with Crippen LogP contribution in [0.5, 0.6) is 0 Å². The van der Waals surface area contributed by atoms with E-state index in [-0.39, 0.29) is 0 Å². The van der Waals surface area contributed by atoms with Crippen molar-refractivity contribution in [2.24, 2.45) is 0 Å². The maximum absolute atomic E-state index is 3.56. The summed E-state index contributed by atoms with van der Waals surface area (Å²) in [6.07, 6.45) is 4.29. The number of nitrogens with zero attached hydrogens (tertiary/aromatic N) is 5. The lowest BCUT2D eigenvalue weighted by molar-refractivity contribution is 0.881. The first-order chi connectivity index (χ1) is 5.00. The normalized spacial score (nSPS) is 8.00. The van der Waals surface area contributed by atoms with E-state index < -0.39 is 0 Å². The van der Waals surface area contributed by atoms with Crippen LogP contribution in [0, 0.1) is 0 Å². The number of hydrogen-bond donors (Lipinski definition) is 2. The van der Waals surface area contributed by atoms with Gasteiger partial charge < -0.3 is 0 Å². The number of H-pyrrole nitrogens is 2. The summed E-state index contributed by atoms with van der Waals surface area (Å²) in [4.78, 5) is 3.56. The van der Waals surface area contributed by atoms with Crippen molar-refractivity contribution in [1.82, 2.24) is 35.8 Å². The largest absolute Gasteiger partial charge is 0.266 e. The summed E-state index contributed by atoms with van der Waals surface area (Å²) in [7, 11) is 0.